The highest BCUT2D eigenvalue weighted by Crippen LogP contribution is 2.28. The largest absolute Gasteiger partial charge is 0.389 e. The van der Waals surface area contributed by atoms with Crippen LogP contribution in [0.2, 0.25) is 10.0 Å². The van der Waals surface area contributed by atoms with Gasteiger partial charge in [-0.2, -0.15) is 9.97 Å². The summed E-state index contributed by atoms with van der Waals surface area (Å²) in [6.45, 7) is 0. The third kappa shape index (κ3) is 7.59. The van der Waals surface area contributed by atoms with E-state index in [2.05, 4.69) is 29.9 Å². The molecule has 2 N–H and O–H groups in total. The molecule has 0 unspecified atom stereocenters. The SMILES string of the molecule is O=C(/C=C\C(=O)Oc1nc(CSc2ncccc2Cl)c[nH]1)Oc1nc(CSc2ncccc2Cl)c[nH]1. The Morgan fingerprint density at radius 1 is 0.806 bits per heavy atom. The van der Waals surface area contributed by atoms with E-state index in [9.17, 15) is 9.59 Å². The minimum absolute atomic E-state index is 0.0121. The van der Waals surface area contributed by atoms with E-state index in [4.69, 9.17) is 32.7 Å². The minimum Gasteiger partial charge on any atom is -0.389 e. The van der Waals surface area contributed by atoms with Crippen LogP contribution in [0.5, 0.6) is 12.0 Å². The van der Waals surface area contributed by atoms with Gasteiger partial charge in [0.1, 0.15) is 10.1 Å². The number of pyridine rings is 2. The monoisotopic (exact) mass is 562 g/mol. The molecule has 0 aliphatic rings. The Kier molecular flexibility index (Phi) is 9.01. The topological polar surface area (TPSA) is 136 Å². The molecule has 0 bridgehead atoms. The summed E-state index contributed by atoms with van der Waals surface area (Å²) >= 11 is 14.9. The van der Waals surface area contributed by atoms with Gasteiger partial charge in [0.05, 0.1) is 21.4 Å². The van der Waals surface area contributed by atoms with Crippen molar-refractivity contribution < 1.29 is 19.1 Å². The van der Waals surface area contributed by atoms with Crippen molar-refractivity contribution >= 4 is 58.7 Å². The molecule has 0 radical (unpaired) electrons. The summed E-state index contributed by atoms with van der Waals surface area (Å²) in [6, 6.07) is 6.96. The van der Waals surface area contributed by atoms with Gasteiger partial charge in [0.25, 0.3) is 0 Å². The van der Waals surface area contributed by atoms with Gasteiger partial charge in [-0.05, 0) is 24.3 Å². The molecule has 4 aromatic heterocycles. The van der Waals surface area contributed by atoms with Gasteiger partial charge in [-0.3, -0.25) is 0 Å². The molecular formula is C22H16Cl2N6O4S2. The third-order valence-corrected chi connectivity index (χ3v) is 7.04. The lowest BCUT2D eigenvalue weighted by atomic mass is 10.5. The number of H-pyrrole nitrogens is 2. The Hall–Kier alpha value is -3.32. The fourth-order valence-corrected chi connectivity index (χ4v) is 4.68. The van der Waals surface area contributed by atoms with Crippen LogP contribution >= 0.6 is 46.7 Å². The number of nitrogens with one attached hydrogen (secondary N) is 2. The number of hydrogen-bond donors (Lipinski definition) is 2. The van der Waals surface area contributed by atoms with Crippen molar-refractivity contribution in [3.8, 4) is 12.0 Å². The predicted octanol–water partition coefficient (Wildman–Crippen LogP) is 4.88. The van der Waals surface area contributed by atoms with Gasteiger partial charge in [0, 0.05) is 48.4 Å². The number of ether oxygens (including phenoxy) is 2. The molecule has 0 saturated carbocycles. The molecule has 0 aliphatic carbocycles. The molecule has 0 amide bonds. The normalized spacial score (nSPS) is 11.1. The number of thioether (sulfide) groups is 2. The first-order chi connectivity index (χ1) is 17.5. The number of imidazole rings is 2. The number of rotatable bonds is 10. The smallest absolute Gasteiger partial charge is 0.338 e. The molecule has 4 aromatic rings. The van der Waals surface area contributed by atoms with Crippen molar-refractivity contribution in [3.63, 3.8) is 0 Å². The van der Waals surface area contributed by atoms with Crippen molar-refractivity contribution in [1.82, 2.24) is 29.9 Å². The molecule has 0 aromatic carbocycles. The Morgan fingerprint density at radius 3 is 1.67 bits per heavy atom. The van der Waals surface area contributed by atoms with Gasteiger partial charge in [-0.1, -0.05) is 46.7 Å². The Morgan fingerprint density at radius 2 is 1.25 bits per heavy atom. The number of esters is 2. The molecule has 0 fully saturated rings. The summed E-state index contributed by atoms with van der Waals surface area (Å²) in [4.78, 5) is 46.2. The van der Waals surface area contributed by atoms with Crippen LogP contribution in [0.15, 0.2) is 71.3 Å². The average Bonchev–Trinajstić information content (AvgIpc) is 3.51. The average molecular weight is 563 g/mol. The van der Waals surface area contributed by atoms with E-state index in [-0.39, 0.29) is 12.0 Å². The lowest BCUT2D eigenvalue weighted by molar-refractivity contribution is -0.132. The molecule has 184 valence electrons. The number of carbonyl (C=O) groups excluding carboxylic acids is 2. The Labute approximate surface area is 223 Å². The van der Waals surface area contributed by atoms with Gasteiger partial charge in [0.15, 0.2) is 0 Å². The first kappa shape index (κ1) is 25.8. The number of carbonyl (C=O) groups is 2. The molecule has 10 nitrogen and oxygen atoms in total. The van der Waals surface area contributed by atoms with E-state index < -0.39 is 11.9 Å². The van der Waals surface area contributed by atoms with E-state index in [1.807, 2.05) is 0 Å². The van der Waals surface area contributed by atoms with Crippen LogP contribution in [0.25, 0.3) is 0 Å². The highest BCUT2D eigenvalue weighted by atomic mass is 35.5. The maximum absolute atomic E-state index is 12.0. The first-order valence-electron chi connectivity index (χ1n) is 10.1. The van der Waals surface area contributed by atoms with Crippen LogP contribution in [0.4, 0.5) is 0 Å². The Balaban J connectivity index is 1.21. The van der Waals surface area contributed by atoms with E-state index in [0.717, 1.165) is 12.2 Å². The second-order valence-electron chi connectivity index (χ2n) is 6.73. The van der Waals surface area contributed by atoms with E-state index in [1.165, 1.54) is 23.5 Å². The molecule has 14 heteroatoms. The predicted molar refractivity (Wildman–Crippen MR) is 135 cm³/mol. The second-order valence-corrected chi connectivity index (χ2v) is 9.47. The van der Waals surface area contributed by atoms with Crippen LogP contribution in [0.3, 0.4) is 0 Å². The van der Waals surface area contributed by atoms with Crippen molar-refractivity contribution in [3.05, 3.63) is 82.6 Å². The quantitative estimate of drug-likeness (QED) is 0.156. The lowest BCUT2D eigenvalue weighted by Gasteiger charge is -2.00. The van der Waals surface area contributed by atoms with Crippen molar-refractivity contribution in [2.45, 2.75) is 21.6 Å². The number of nitrogens with zero attached hydrogens (tertiary/aromatic N) is 4. The van der Waals surface area contributed by atoms with Gasteiger partial charge in [-0.25, -0.2) is 19.6 Å². The van der Waals surface area contributed by atoms with Gasteiger partial charge in [0.2, 0.25) is 0 Å². The molecule has 36 heavy (non-hydrogen) atoms. The van der Waals surface area contributed by atoms with Crippen LogP contribution in [0.1, 0.15) is 11.4 Å². The summed E-state index contributed by atoms with van der Waals surface area (Å²) in [5.41, 5.74) is 1.26. The summed E-state index contributed by atoms with van der Waals surface area (Å²) in [6.07, 6.45) is 8.34. The number of hydrogen-bond acceptors (Lipinski definition) is 10. The fourth-order valence-electron chi connectivity index (χ4n) is 2.57. The second kappa shape index (κ2) is 12.6. The summed E-state index contributed by atoms with van der Waals surface area (Å²) in [5, 5.41) is 2.42. The summed E-state index contributed by atoms with van der Waals surface area (Å²) < 4.78 is 10.1. The molecule has 4 rings (SSSR count). The van der Waals surface area contributed by atoms with Crippen LogP contribution in [-0.2, 0) is 21.1 Å². The van der Waals surface area contributed by atoms with Gasteiger partial charge in [-0.15, -0.1) is 0 Å². The van der Waals surface area contributed by atoms with E-state index in [0.29, 0.717) is 43.0 Å². The highest BCUT2D eigenvalue weighted by molar-refractivity contribution is 7.98. The lowest BCUT2D eigenvalue weighted by Crippen LogP contribution is -2.09. The molecule has 4 heterocycles. The van der Waals surface area contributed by atoms with E-state index in [1.54, 1.807) is 49.1 Å². The fraction of sp³-hybridized carbons (Fsp3) is 0.0909. The maximum Gasteiger partial charge on any atom is 0.338 e. The van der Waals surface area contributed by atoms with Gasteiger partial charge < -0.3 is 19.4 Å². The molecule has 0 saturated heterocycles. The van der Waals surface area contributed by atoms with Crippen LogP contribution in [-0.4, -0.2) is 41.8 Å². The zero-order valence-corrected chi connectivity index (χ0v) is 21.3. The molecule has 0 spiro atoms. The highest BCUT2D eigenvalue weighted by Gasteiger charge is 2.11. The molecular weight excluding hydrogens is 547 g/mol. The first-order valence-corrected chi connectivity index (χ1v) is 12.9. The maximum atomic E-state index is 12.0. The Bertz CT molecular complexity index is 1290. The van der Waals surface area contributed by atoms with Crippen molar-refractivity contribution in [1.29, 1.82) is 0 Å². The van der Waals surface area contributed by atoms with E-state index >= 15 is 0 Å². The third-order valence-electron chi connectivity index (χ3n) is 4.13. The minimum atomic E-state index is -0.808. The number of aromatic nitrogens is 6. The summed E-state index contributed by atoms with van der Waals surface area (Å²) in [7, 11) is 0. The van der Waals surface area contributed by atoms with Crippen LogP contribution < -0.4 is 9.47 Å². The number of aromatic amines is 2. The number of halogens is 2. The zero-order chi connectivity index (χ0) is 25.3. The molecule has 0 atom stereocenters. The molecule has 0 aliphatic heterocycles. The van der Waals surface area contributed by atoms with Gasteiger partial charge >= 0.3 is 24.0 Å². The van der Waals surface area contributed by atoms with Crippen LogP contribution in [0, 0.1) is 0 Å². The van der Waals surface area contributed by atoms with Crippen molar-refractivity contribution in [2.24, 2.45) is 0 Å². The van der Waals surface area contributed by atoms with Crippen molar-refractivity contribution in [2.75, 3.05) is 0 Å². The summed E-state index contributed by atoms with van der Waals surface area (Å²) in [5.74, 6) is -0.689. The standard InChI is InChI=1S/C22H16Cl2N6O4S2/c23-15-3-1-7-25-19(15)35-11-13-9-27-21(29-13)33-17(31)5-6-18(32)34-22-28-10-14(30-22)12-36-20-16(24)4-2-8-26-20/h1-10H,11-12H2,(H,27,29)(H,28,30)/b6-5-. The zero-order valence-electron chi connectivity index (χ0n) is 18.2.